The van der Waals surface area contributed by atoms with Crippen LogP contribution in [-0.4, -0.2) is 44.1 Å². The van der Waals surface area contributed by atoms with E-state index in [1.165, 1.54) is 19.3 Å². The first-order valence-electron chi connectivity index (χ1n) is 7.05. The van der Waals surface area contributed by atoms with Crippen molar-refractivity contribution in [1.29, 1.82) is 0 Å². The van der Waals surface area contributed by atoms with Crippen LogP contribution in [0.3, 0.4) is 0 Å². The van der Waals surface area contributed by atoms with Gasteiger partial charge in [0.15, 0.2) is 0 Å². The second-order valence-electron chi connectivity index (χ2n) is 5.00. The van der Waals surface area contributed by atoms with Gasteiger partial charge < -0.3 is 15.0 Å². The number of piperidine rings is 1. The number of likely N-dealkylation sites (tertiary alicyclic amines) is 1. The smallest absolute Gasteiger partial charge is 0.255 e. The van der Waals surface area contributed by atoms with Crippen LogP contribution in [0.5, 0.6) is 5.75 Å². The minimum absolute atomic E-state index is 0.138. The van der Waals surface area contributed by atoms with Crippen molar-refractivity contribution in [2.75, 3.05) is 33.3 Å². The summed E-state index contributed by atoms with van der Waals surface area (Å²) in [6, 6.07) is 5.06. The molecular weight excluding hydrogens is 276 g/mol. The van der Waals surface area contributed by atoms with Crippen molar-refractivity contribution in [3.05, 3.63) is 28.8 Å². The number of methoxy groups -OCH3 is 1. The number of nitrogens with one attached hydrogen (secondary N) is 1. The van der Waals surface area contributed by atoms with Gasteiger partial charge in [0, 0.05) is 18.1 Å². The zero-order valence-corrected chi connectivity index (χ0v) is 12.6. The van der Waals surface area contributed by atoms with Gasteiger partial charge in [-0.25, -0.2) is 0 Å². The summed E-state index contributed by atoms with van der Waals surface area (Å²) in [5, 5.41) is 3.46. The average molecular weight is 297 g/mol. The number of rotatable bonds is 5. The lowest BCUT2D eigenvalue weighted by atomic mass is 10.1. The van der Waals surface area contributed by atoms with Crippen LogP contribution in [0.15, 0.2) is 18.2 Å². The Bertz CT molecular complexity index is 459. The second-order valence-corrected chi connectivity index (χ2v) is 5.44. The number of carbonyl (C=O) groups excluding carboxylic acids is 1. The molecule has 0 radical (unpaired) electrons. The predicted molar refractivity (Wildman–Crippen MR) is 80.6 cm³/mol. The maximum Gasteiger partial charge on any atom is 0.255 e. The first kappa shape index (κ1) is 15.1. The lowest BCUT2D eigenvalue weighted by Crippen LogP contribution is -2.37. The molecule has 0 bridgehead atoms. The Kier molecular flexibility index (Phi) is 5.68. The summed E-state index contributed by atoms with van der Waals surface area (Å²) in [5.41, 5.74) is 0.485. The zero-order chi connectivity index (χ0) is 14.4. The third-order valence-corrected chi connectivity index (χ3v) is 3.80. The largest absolute Gasteiger partial charge is 0.496 e. The molecule has 0 atom stereocenters. The standard InChI is InChI=1S/C15H21ClN2O2/c1-20-14-6-5-12(16)11-13(14)15(19)17-7-10-18-8-3-2-4-9-18/h5-6,11H,2-4,7-10H2,1H3,(H,17,19). The van der Waals surface area contributed by atoms with E-state index in [0.29, 0.717) is 22.9 Å². The molecule has 4 nitrogen and oxygen atoms in total. The summed E-state index contributed by atoms with van der Waals surface area (Å²) in [6.07, 6.45) is 3.84. The van der Waals surface area contributed by atoms with Gasteiger partial charge in [-0.15, -0.1) is 0 Å². The van der Waals surface area contributed by atoms with E-state index in [9.17, 15) is 4.79 Å². The van der Waals surface area contributed by atoms with Gasteiger partial charge in [0.2, 0.25) is 0 Å². The Morgan fingerprint density at radius 1 is 1.35 bits per heavy atom. The Balaban J connectivity index is 1.86. The molecule has 0 saturated carbocycles. The van der Waals surface area contributed by atoms with Gasteiger partial charge in [-0.3, -0.25) is 4.79 Å². The predicted octanol–water partition coefficient (Wildman–Crippen LogP) is 2.56. The van der Waals surface area contributed by atoms with E-state index in [-0.39, 0.29) is 5.91 Å². The number of hydrogen-bond donors (Lipinski definition) is 1. The topological polar surface area (TPSA) is 41.6 Å². The molecule has 0 aromatic heterocycles. The van der Waals surface area contributed by atoms with Crippen LogP contribution in [-0.2, 0) is 0 Å². The SMILES string of the molecule is COc1ccc(Cl)cc1C(=O)NCCN1CCCCC1. The van der Waals surface area contributed by atoms with Crippen LogP contribution in [0.25, 0.3) is 0 Å². The molecule has 20 heavy (non-hydrogen) atoms. The number of amides is 1. The fourth-order valence-electron chi connectivity index (χ4n) is 2.46. The highest BCUT2D eigenvalue weighted by Gasteiger charge is 2.14. The number of carbonyl (C=O) groups is 1. The van der Waals surface area contributed by atoms with Gasteiger partial charge in [-0.2, -0.15) is 0 Å². The van der Waals surface area contributed by atoms with Crippen molar-refractivity contribution < 1.29 is 9.53 Å². The van der Waals surface area contributed by atoms with Crippen LogP contribution in [0.2, 0.25) is 5.02 Å². The third-order valence-electron chi connectivity index (χ3n) is 3.57. The molecule has 1 aliphatic heterocycles. The molecule has 0 unspecified atom stereocenters. The van der Waals surface area contributed by atoms with Gasteiger partial charge in [-0.1, -0.05) is 18.0 Å². The summed E-state index contributed by atoms with van der Waals surface area (Å²) in [7, 11) is 1.55. The highest BCUT2D eigenvalue weighted by molar-refractivity contribution is 6.31. The summed E-state index contributed by atoms with van der Waals surface area (Å²) in [4.78, 5) is 14.5. The Labute approximate surface area is 125 Å². The Morgan fingerprint density at radius 2 is 2.10 bits per heavy atom. The van der Waals surface area contributed by atoms with Gasteiger partial charge >= 0.3 is 0 Å². The van der Waals surface area contributed by atoms with E-state index >= 15 is 0 Å². The normalized spacial score (nSPS) is 15.9. The van der Waals surface area contributed by atoms with E-state index in [0.717, 1.165) is 19.6 Å². The van der Waals surface area contributed by atoms with Crippen molar-refractivity contribution in [2.45, 2.75) is 19.3 Å². The molecule has 1 amide bonds. The van der Waals surface area contributed by atoms with E-state index in [1.807, 2.05) is 0 Å². The van der Waals surface area contributed by atoms with E-state index in [1.54, 1.807) is 25.3 Å². The first-order valence-corrected chi connectivity index (χ1v) is 7.42. The molecule has 2 rings (SSSR count). The van der Waals surface area contributed by atoms with Crippen LogP contribution in [0, 0.1) is 0 Å². The summed E-state index contributed by atoms with van der Waals surface area (Å²) in [5.74, 6) is 0.409. The fourth-order valence-corrected chi connectivity index (χ4v) is 2.64. The van der Waals surface area contributed by atoms with E-state index in [2.05, 4.69) is 10.2 Å². The van der Waals surface area contributed by atoms with Crippen molar-refractivity contribution in [3.8, 4) is 5.75 Å². The quantitative estimate of drug-likeness (QED) is 0.908. The highest BCUT2D eigenvalue weighted by Crippen LogP contribution is 2.22. The van der Waals surface area contributed by atoms with E-state index in [4.69, 9.17) is 16.3 Å². The van der Waals surface area contributed by atoms with Crippen molar-refractivity contribution in [2.24, 2.45) is 0 Å². The molecule has 1 aromatic carbocycles. The molecule has 110 valence electrons. The summed E-state index contributed by atoms with van der Waals surface area (Å²) < 4.78 is 5.19. The number of nitrogens with zero attached hydrogens (tertiary/aromatic N) is 1. The summed E-state index contributed by atoms with van der Waals surface area (Å²) >= 11 is 5.93. The monoisotopic (exact) mass is 296 g/mol. The second kappa shape index (κ2) is 7.50. The van der Waals surface area contributed by atoms with Crippen LogP contribution in [0.4, 0.5) is 0 Å². The molecule has 1 N–H and O–H groups in total. The Hall–Kier alpha value is -1.26. The average Bonchev–Trinajstić information content (AvgIpc) is 2.48. The Morgan fingerprint density at radius 3 is 2.80 bits per heavy atom. The summed E-state index contributed by atoms with van der Waals surface area (Å²) in [6.45, 7) is 3.82. The number of halogens is 1. The minimum atomic E-state index is -0.138. The van der Waals surface area contributed by atoms with Crippen molar-refractivity contribution >= 4 is 17.5 Å². The van der Waals surface area contributed by atoms with Crippen LogP contribution in [0.1, 0.15) is 29.6 Å². The van der Waals surface area contributed by atoms with Crippen LogP contribution < -0.4 is 10.1 Å². The number of hydrogen-bond acceptors (Lipinski definition) is 3. The van der Waals surface area contributed by atoms with Gasteiger partial charge in [-0.05, 0) is 44.1 Å². The molecule has 1 heterocycles. The molecule has 1 aromatic rings. The maximum absolute atomic E-state index is 12.2. The molecule has 1 fully saturated rings. The molecule has 0 spiro atoms. The molecule has 5 heteroatoms. The van der Waals surface area contributed by atoms with Crippen molar-refractivity contribution in [1.82, 2.24) is 10.2 Å². The molecule has 1 aliphatic rings. The van der Waals surface area contributed by atoms with Gasteiger partial charge in [0.05, 0.1) is 12.7 Å². The fraction of sp³-hybridized carbons (Fsp3) is 0.533. The van der Waals surface area contributed by atoms with E-state index < -0.39 is 0 Å². The maximum atomic E-state index is 12.2. The van der Waals surface area contributed by atoms with Gasteiger partial charge in [0.1, 0.15) is 5.75 Å². The van der Waals surface area contributed by atoms with Crippen molar-refractivity contribution in [3.63, 3.8) is 0 Å². The first-order chi connectivity index (χ1) is 9.70. The number of benzene rings is 1. The minimum Gasteiger partial charge on any atom is -0.496 e. The third kappa shape index (κ3) is 4.12. The highest BCUT2D eigenvalue weighted by atomic mass is 35.5. The van der Waals surface area contributed by atoms with Crippen LogP contribution >= 0.6 is 11.6 Å². The van der Waals surface area contributed by atoms with Gasteiger partial charge in [0.25, 0.3) is 5.91 Å². The molecule has 1 saturated heterocycles. The molecule has 0 aliphatic carbocycles. The molecular formula is C15H21ClN2O2. The zero-order valence-electron chi connectivity index (χ0n) is 11.8. The number of ether oxygens (including phenoxy) is 1. The lowest BCUT2D eigenvalue weighted by Gasteiger charge is -2.26. The lowest BCUT2D eigenvalue weighted by molar-refractivity contribution is 0.0943.